The van der Waals surface area contributed by atoms with Gasteiger partial charge in [-0.15, -0.1) is 12.4 Å². The van der Waals surface area contributed by atoms with Gasteiger partial charge in [0.1, 0.15) is 5.75 Å². The summed E-state index contributed by atoms with van der Waals surface area (Å²) in [6.45, 7) is 0.933. The van der Waals surface area contributed by atoms with Crippen molar-refractivity contribution in [3.8, 4) is 5.75 Å². The summed E-state index contributed by atoms with van der Waals surface area (Å²) < 4.78 is 29.0. The van der Waals surface area contributed by atoms with E-state index in [-0.39, 0.29) is 36.7 Å². The molecule has 0 aliphatic carbocycles. The highest BCUT2D eigenvalue weighted by Crippen LogP contribution is 2.22. The Bertz CT molecular complexity index is 457. The molecule has 0 saturated heterocycles. The monoisotopic (exact) mass is 322 g/mol. The van der Waals surface area contributed by atoms with Gasteiger partial charge in [0.05, 0.1) is 0 Å². The van der Waals surface area contributed by atoms with Gasteiger partial charge in [-0.25, -0.2) is 0 Å². The van der Waals surface area contributed by atoms with Crippen molar-refractivity contribution in [1.82, 2.24) is 5.32 Å². The zero-order valence-corrected chi connectivity index (χ0v) is 12.9. The molecule has 0 bridgehead atoms. The average Bonchev–Trinajstić information content (AvgIpc) is 2.36. The molecular weight excluding hydrogens is 302 g/mol. The van der Waals surface area contributed by atoms with Crippen molar-refractivity contribution in [3.05, 3.63) is 29.3 Å². The number of ether oxygens (including phenoxy) is 1. The van der Waals surface area contributed by atoms with Gasteiger partial charge in [-0.05, 0) is 26.3 Å². The smallest absolute Gasteiger partial charge is 0.387 e. The van der Waals surface area contributed by atoms with Crippen LogP contribution in [0.4, 0.5) is 8.78 Å². The Morgan fingerprint density at radius 1 is 1.43 bits per heavy atom. The van der Waals surface area contributed by atoms with Gasteiger partial charge in [0, 0.05) is 24.6 Å². The minimum Gasteiger partial charge on any atom is -0.434 e. The van der Waals surface area contributed by atoms with Crippen molar-refractivity contribution < 1.29 is 18.3 Å². The Hall–Kier alpha value is -1.40. The van der Waals surface area contributed by atoms with Gasteiger partial charge in [0.25, 0.3) is 0 Å². The third-order valence-corrected chi connectivity index (χ3v) is 2.73. The summed E-state index contributed by atoms with van der Waals surface area (Å²) in [6.07, 6.45) is 0.897. The highest BCUT2D eigenvalue weighted by atomic mass is 35.5. The molecule has 0 spiro atoms. The maximum Gasteiger partial charge on any atom is 0.387 e. The van der Waals surface area contributed by atoms with Gasteiger partial charge < -0.3 is 15.8 Å². The van der Waals surface area contributed by atoms with E-state index >= 15 is 0 Å². The first-order chi connectivity index (χ1) is 9.38. The number of aryl methyl sites for hydroxylation is 1. The van der Waals surface area contributed by atoms with Crippen molar-refractivity contribution in [2.24, 2.45) is 5.73 Å². The highest BCUT2D eigenvalue weighted by molar-refractivity contribution is 5.85. The minimum atomic E-state index is -2.88. The molecule has 0 aliphatic rings. The number of amides is 1. The molecule has 7 heteroatoms. The average molecular weight is 323 g/mol. The molecule has 1 aromatic carbocycles. The van der Waals surface area contributed by atoms with E-state index in [1.54, 1.807) is 12.1 Å². The van der Waals surface area contributed by atoms with Crippen molar-refractivity contribution in [3.63, 3.8) is 0 Å². The van der Waals surface area contributed by atoms with Crippen LogP contribution >= 0.6 is 12.4 Å². The van der Waals surface area contributed by atoms with Gasteiger partial charge in [-0.2, -0.15) is 8.78 Å². The molecule has 1 unspecified atom stereocenters. The zero-order chi connectivity index (χ0) is 15.1. The van der Waals surface area contributed by atoms with Crippen LogP contribution in [0.15, 0.2) is 18.2 Å². The molecule has 1 rings (SSSR count). The number of hydrogen-bond donors (Lipinski definition) is 2. The number of nitrogens with two attached hydrogens (primary N) is 1. The summed E-state index contributed by atoms with van der Waals surface area (Å²) >= 11 is 0. The molecule has 0 aromatic heterocycles. The minimum absolute atomic E-state index is 0. The molecule has 0 heterocycles. The van der Waals surface area contributed by atoms with Crippen LogP contribution in [0, 0.1) is 6.92 Å². The summed E-state index contributed by atoms with van der Waals surface area (Å²) in [5.74, 6) is -0.0788. The summed E-state index contributed by atoms with van der Waals surface area (Å²) in [5, 5.41) is 2.68. The number of halogens is 3. The maximum absolute atomic E-state index is 12.3. The Morgan fingerprint density at radius 2 is 2.10 bits per heavy atom. The van der Waals surface area contributed by atoms with E-state index in [9.17, 15) is 13.6 Å². The van der Waals surface area contributed by atoms with E-state index in [0.717, 1.165) is 5.56 Å². The lowest BCUT2D eigenvalue weighted by Crippen LogP contribution is -2.25. The van der Waals surface area contributed by atoms with Crippen LogP contribution in [0.1, 0.15) is 30.9 Å². The molecule has 1 amide bonds. The van der Waals surface area contributed by atoms with Crippen molar-refractivity contribution >= 4 is 18.3 Å². The molecule has 0 saturated carbocycles. The standard InChI is InChI=1S/C14H20F2N2O2.ClH/c1-9-3-5-12(20-14(15)16)11(7-9)8-18-13(19)6-4-10(2)17;/h3,5,7,10,14H,4,6,8,17H2,1-2H3,(H,18,19);1H. The molecule has 1 atom stereocenters. The van der Waals surface area contributed by atoms with Gasteiger partial charge in [-0.3, -0.25) is 4.79 Å². The molecule has 0 radical (unpaired) electrons. The summed E-state index contributed by atoms with van der Waals surface area (Å²) in [6, 6.07) is 4.82. The van der Waals surface area contributed by atoms with Gasteiger partial charge in [0.15, 0.2) is 0 Å². The molecular formula is C14H21ClF2N2O2. The van der Waals surface area contributed by atoms with Gasteiger partial charge >= 0.3 is 6.61 Å². The molecule has 3 N–H and O–H groups in total. The second-order valence-electron chi connectivity index (χ2n) is 4.78. The number of nitrogens with one attached hydrogen (secondary N) is 1. The Labute approximate surface area is 129 Å². The van der Waals surface area contributed by atoms with Crippen LogP contribution in [0.3, 0.4) is 0 Å². The van der Waals surface area contributed by atoms with E-state index in [0.29, 0.717) is 18.4 Å². The van der Waals surface area contributed by atoms with E-state index in [4.69, 9.17) is 5.73 Å². The lowest BCUT2D eigenvalue weighted by molar-refractivity contribution is -0.121. The lowest BCUT2D eigenvalue weighted by Gasteiger charge is -2.12. The first-order valence-electron chi connectivity index (χ1n) is 6.45. The fourth-order valence-corrected chi connectivity index (χ4v) is 1.70. The molecule has 21 heavy (non-hydrogen) atoms. The fourth-order valence-electron chi connectivity index (χ4n) is 1.70. The third-order valence-electron chi connectivity index (χ3n) is 2.73. The number of carbonyl (C=O) groups excluding carboxylic acids is 1. The maximum atomic E-state index is 12.3. The first-order valence-corrected chi connectivity index (χ1v) is 6.45. The topological polar surface area (TPSA) is 64.3 Å². The highest BCUT2D eigenvalue weighted by Gasteiger charge is 2.11. The number of rotatable bonds is 7. The van der Waals surface area contributed by atoms with Crippen LogP contribution in [0.25, 0.3) is 0 Å². The number of benzene rings is 1. The number of hydrogen-bond acceptors (Lipinski definition) is 3. The quantitative estimate of drug-likeness (QED) is 0.811. The number of alkyl halides is 2. The van der Waals surface area contributed by atoms with Crippen molar-refractivity contribution in [2.45, 2.75) is 45.9 Å². The number of carbonyl (C=O) groups is 1. The molecule has 4 nitrogen and oxygen atoms in total. The second-order valence-corrected chi connectivity index (χ2v) is 4.78. The zero-order valence-electron chi connectivity index (χ0n) is 12.1. The SMILES string of the molecule is Cc1ccc(OC(F)F)c(CNC(=O)CCC(C)N)c1.Cl. The third kappa shape index (κ3) is 7.82. The van der Waals surface area contributed by atoms with Crippen LogP contribution in [-0.4, -0.2) is 18.6 Å². The fraction of sp³-hybridized carbons (Fsp3) is 0.500. The second kappa shape index (κ2) is 9.52. The van der Waals surface area contributed by atoms with E-state index < -0.39 is 6.61 Å². The van der Waals surface area contributed by atoms with Crippen LogP contribution in [-0.2, 0) is 11.3 Å². The summed E-state index contributed by atoms with van der Waals surface area (Å²) in [7, 11) is 0. The van der Waals surface area contributed by atoms with Crippen molar-refractivity contribution in [1.29, 1.82) is 0 Å². The first kappa shape index (κ1) is 19.6. The van der Waals surface area contributed by atoms with Gasteiger partial charge in [-0.1, -0.05) is 17.7 Å². The molecule has 1 aromatic rings. The van der Waals surface area contributed by atoms with Crippen LogP contribution in [0.2, 0.25) is 0 Å². The van der Waals surface area contributed by atoms with Crippen molar-refractivity contribution in [2.75, 3.05) is 0 Å². The molecule has 120 valence electrons. The predicted octanol–water partition coefficient (Wildman–Crippen LogP) is 2.76. The van der Waals surface area contributed by atoms with Gasteiger partial charge in [0.2, 0.25) is 5.91 Å². The summed E-state index contributed by atoms with van der Waals surface area (Å²) in [4.78, 5) is 11.6. The summed E-state index contributed by atoms with van der Waals surface area (Å²) in [5.41, 5.74) is 7.00. The Balaban J connectivity index is 0.00000400. The van der Waals surface area contributed by atoms with E-state index in [1.807, 2.05) is 13.8 Å². The van der Waals surface area contributed by atoms with Crippen LogP contribution < -0.4 is 15.8 Å². The lowest BCUT2D eigenvalue weighted by atomic mass is 10.1. The van der Waals surface area contributed by atoms with Crippen LogP contribution in [0.5, 0.6) is 5.75 Å². The Morgan fingerprint density at radius 3 is 2.67 bits per heavy atom. The Kier molecular flexibility index (Phi) is 8.89. The largest absolute Gasteiger partial charge is 0.434 e. The normalized spacial score (nSPS) is 11.7. The molecule has 0 aliphatic heterocycles. The van der Waals surface area contributed by atoms with E-state index in [2.05, 4.69) is 10.1 Å². The predicted molar refractivity (Wildman–Crippen MR) is 79.8 cm³/mol. The van der Waals surface area contributed by atoms with E-state index in [1.165, 1.54) is 6.07 Å². The molecule has 0 fully saturated rings.